The molecule has 1 fully saturated rings. The van der Waals surface area contributed by atoms with E-state index in [1.165, 1.54) is 0 Å². The Morgan fingerprint density at radius 2 is 1.69 bits per heavy atom. The summed E-state index contributed by atoms with van der Waals surface area (Å²) in [5, 5.41) is 5.57. The molecule has 2 aromatic heterocycles. The summed E-state index contributed by atoms with van der Waals surface area (Å²) in [6.07, 6.45) is 2.64. The van der Waals surface area contributed by atoms with Crippen LogP contribution in [0.1, 0.15) is 30.0 Å². The highest BCUT2D eigenvalue weighted by Crippen LogP contribution is 2.28. The van der Waals surface area contributed by atoms with E-state index in [2.05, 4.69) is 23.8 Å². The molecule has 8 heteroatoms. The molecule has 5 rings (SSSR count). The number of aromatic nitrogens is 4. The number of nitrogens with zero attached hydrogens (tertiary/aromatic N) is 6. The zero-order valence-corrected chi connectivity index (χ0v) is 20.4. The van der Waals surface area contributed by atoms with E-state index in [0.29, 0.717) is 43.4 Å². The molecule has 35 heavy (non-hydrogen) atoms. The van der Waals surface area contributed by atoms with Gasteiger partial charge >= 0.3 is 0 Å². The summed E-state index contributed by atoms with van der Waals surface area (Å²) in [5.74, 6) is 2.73. The molecule has 0 atom stereocenters. The van der Waals surface area contributed by atoms with E-state index in [4.69, 9.17) is 14.7 Å². The molecule has 180 valence electrons. The smallest absolute Gasteiger partial charge is 0.257 e. The lowest BCUT2D eigenvalue weighted by Gasteiger charge is -2.36. The quantitative estimate of drug-likeness (QED) is 0.424. The second kappa shape index (κ2) is 9.74. The molecule has 2 aromatic carbocycles. The number of para-hydroxylation sites is 2. The highest BCUT2D eigenvalue weighted by Gasteiger charge is 2.27. The van der Waals surface area contributed by atoms with Crippen molar-refractivity contribution in [3.63, 3.8) is 0 Å². The first-order chi connectivity index (χ1) is 17.0. The zero-order valence-electron chi connectivity index (χ0n) is 20.4. The van der Waals surface area contributed by atoms with Gasteiger partial charge in [-0.25, -0.2) is 14.6 Å². The van der Waals surface area contributed by atoms with Crippen molar-refractivity contribution < 1.29 is 9.53 Å². The number of piperazine rings is 1. The lowest BCUT2D eigenvalue weighted by molar-refractivity contribution is 0.0743. The topological polar surface area (TPSA) is 76.4 Å². The Hall–Kier alpha value is -3.94. The normalized spacial score (nSPS) is 14.1. The van der Waals surface area contributed by atoms with Gasteiger partial charge in [-0.15, -0.1) is 0 Å². The zero-order chi connectivity index (χ0) is 24.4. The molecule has 3 heterocycles. The molecule has 1 aliphatic heterocycles. The standard InChI is InChI=1S/C27H30N6O2/c1-19(2)17-24-29-25(22-18-28-33(26(22)30-24)20-9-5-4-6-10-20)31-13-15-32(16-14-31)27(34)21-11-7-8-12-23(21)35-3/h4-12,18-19H,13-17H2,1-3H3. The summed E-state index contributed by atoms with van der Waals surface area (Å²) < 4.78 is 7.28. The van der Waals surface area contributed by atoms with Gasteiger partial charge in [0.1, 0.15) is 17.4 Å². The average Bonchev–Trinajstić information content (AvgIpc) is 3.32. The molecule has 0 N–H and O–H groups in total. The minimum absolute atomic E-state index is 0.00710. The third kappa shape index (κ3) is 4.56. The minimum atomic E-state index is -0.00710. The number of carbonyl (C=O) groups excluding carboxylic acids is 1. The van der Waals surface area contributed by atoms with Crippen LogP contribution in [0.15, 0.2) is 60.8 Å². The van der Waals surface area contributed by atoms with Crippen LogP contribution >= 0.6 is 0 Å². The molecule has 0 unspecified atom stereocenters. The summed E-state index contributed by atoms with van der Waals surface area (Å²) in [5.41, 5.74) is 2.37. The molecule has 0 spiro atoms. The van der Waals surface area contributed by atoms with Crippen molar-refractivity contribution in [2.24, 2.45) is 5.92 Å². The van der Waals surface area contributed by atoms with Crippen LogP contribution in [0.4, 0.5) is 5.82 Å². The van der Waals surface area contributed by atoms with Gasteiger partial charge in [-0.1, -0.05) is 44.2 Å². The number of rotatable bonds is 6. The van der Waals surface area contributed by atoms with Crippen LogP contribution in [0.25, 0.3) is 16.7 Å². The molecule has 0 bridgehead atoms. The number of fused-ring (bicyclic) bond motifs is 1. The van der Waals surface area contributed by atoms with Crippen LogP contribution in [-0.4, -0.2) is 63.8 Å². The van der Waals surface area contributed by atoms with Gasteiger partial charge in [0.25, 0.3) is 5.91 Å². The number of carbonyl (C=O) groups is 1. The van der Waals surface area contributed by atoms with Crippen LogP contribution in [0.2, 0.25) is 0 Å². The van der Waals surface area contributed by atoms with E-state index in [-0.39, 0.29) is 5.91 Å². The van der Waals surface area contributed by atoms with E-state index in [1.807, 2.05) is 70.4 Å². The number of methoxy groups -OCH3 is 1. The first kappa shape index (κ1) is 22.8. The Kier molecular flexibility index (Phi) is 6.35. The fourth-order valence-corrected chi connectivity index (χ4v) is 4.51. The number of hydrogen-bond acceptors (Lipinski definition) is 6. The number of hydrogen-bond donors (Lipinski definition) is 0. The lowest BCUT2D eigenvalue weighted by Crippen LogP contribution is -2.49. The lowest BCUT2D eigenvalue weighted by atomic mass is 10.1. The van der Waals surface area contributed by atoms with Gasteiger partial charge in [-0.3, -0.25) is 4.79 Å². The van der Waals surface area contributed by atoms with E-state index >= 15 is 0 Å². The van der Waals surface area contributed by atoms with Crippen LogP contribution in [0, 0.1) is 5.92 Å². The molecule has 0 saturated carbocycles. The van der Waals surface area contributed by atoms with Gasteiger partial charge in [0, 0.05) is 32.6 Å². The fraction of sp³-hybridized carbons (Fsp3) is 0.333. The molecule has 1 saturated heterocycles. The Morgan fingerprint density at radius 1 is 0.971 bits per heavy atom. The highest BCUT2D eigenvalue weighted by atomic mass is 16.5. The molecular weight excluding hydrogens is 440 g/mol. The van der Waals surface area contributed by atoms with Gasteiger partial charge in [0.05, 0.1) is 29.9 Å². The molecule has 0 aliphatic carbocycles. The largest absolute Gasteiger partial charge is 0.496 e. The third-order valence-electron chi connectivity index (χ3n) is 6.25. The Bertz CT molecular complexity index is 1330. The highest BCUT2D eigenvalue weighted by molar-refractivity contribution is 5.97. The maximum Gasteiger partial charge on any atom is 0.257 e. The van der Waals surface area contributed by atoms with E-state index in [9.17, 15) is 4.79 Å². The minimum Gasteiger partial charge on any atom is -0.496 e. The van der Waals surface area contributed by atoms with Gasteiger partial charge in [0.15, 0.2) is 5.65 Å². The molecule has 0 radical (unpaired) electrons. The van der Waals surface area contributed by atoms with Crippen molar-refractivity contribution in [1.82, 2.24) is 24.6 Å². The summed E-state index contributed by atoms with van der Waals surface area (Å²) in [6.45, 7) is 6.92. The molecule has 4 aromatic rings. The van der Waals surface area contributed by atoms with Crippen molar-refractivity contribution in [1.29, 1.82) is 0 Å². The monoisotopic (exact) mass is 470 g/mol. The SMILES string of the molecule is COc1ccccc1C(=O)N1CCN(c2nc(CC(C)C)nc3c2cnn3-c2ccccc2)CC1. The first-order valence-corrected chi connectivity index (χ1v) is 12.0. The predicted octanol–water partition coefficient (Wildman–Crippen LogP) is 3.99. The summed E-state index contributed by atoms with van der Waals surface area (Å²) in [6, 6.07) is 17.4. The molecule has 1 aliphatic rings. The summed E-state index contributed by atoms with van der Waals surface area (Å²) in [7, 11) is 1.59. The van der Waals surface area contributed by atoms with E-state index in [1.54, 1.807) is 7.11 Å². The third-order valence-corrected chi connectivity index (χ3v) is 6.25. The number of anilines is 1. The molecule has 8 nitrogen and oxygen atoms in total. The Morgan fingerprint density at radius 3 is 2.40 bits per heavy atom. The van der Waals surface area contributed by atoms with Crippen molar-refractivity contribution in [2.75, 3.05) is 38.2 Å². The second-order valence-corrected chi connectivity index (χ2v) is 9.17. The van der Waals surface area contributed by atoms with Crippen molar-refractivity contribution in [3.8, 4) is 11.4 Å². The van der Waals surface area contributed by atoms with Crippen LogP contribution < -0.4 is 9.64 Å². The Balaban J connectivity index is 1.44. The van der Waals surface area contributed by atoms with Gasteiger partial charge in [-0.2, -0.15) is 5.10 Å². The van der Waals surface area contributed by atoms with Crippen LogP contribution in [0.3, 0.4) is 0 Å². The fourth-order valence-electron chi connectivity index (χ4n) is 4.51. The number of ether oxygens (including phenoxy) is 1. The van der Waals surface area contributed by atoms with Crippen LogP contribution in [0.5, 0.6) is 5.75 Å². The second-order valence-electron chi connectivity index (χ2n) is 9.17. The first-order valence-electron chi connectivity index (χ1n) is 12.0. The van der Waals surface area contributed by atoms with Gasteiger partial charge in [0.2, 0.25) is 0 Å². The Labute approximate surface area is 205 Å². The predicted molar refractivity (Wildman–Crippen MR) is 136 cm³/mol. The number of benzene rings is 2. The maximum absolute atomic E-state index is 13.2. The van der Waals surface area contributed by atoms with Crippen molar-refractivity contribution in [3.05, 3.63) is 72.2 Å². The molecular formula is C27H30N6O2. The average molecular weight is 471 g/mol. The van der Waals surface area contributed by atoms with Crippen LogP contribution in [-0.2, 0) is 6.42 Å². The summed E-state index contributed by atoms with van der Waals surface area (Å²) in [4.78, 5) is 27.1. The van der Waals surface area contributed by atoms with Gasteiger partial charge < -0.3 is 14.5 Å². The number of amides is 1. The van der Waals surface area contributed by atoms with E-state index < -0.39 is 0 Å². The summed E-state index contributed by atoms with van der Waals surface area (Å²) >= 11 is 0. The molecule has 1 amide bonds. The van der Waals surface area contributed by atoms with Crippen molar-refractivity contribution >= 4 is 22.8 Å². The maximum atomic E-state index is 13.2. The van der Waals surface area contributed by atoms with Crippen molar-refractivity contribution in [2.45, 2.75) is 20.3 Å². The van der Waals surface area contributed by atoms with Gasteiger partial charge in [-0.05, 0) is 30.2 Å². The van der Waals surface area contributed by atoms with E-state index in [0.717, 1.165) is 34.8 Å².